The maximum atomic E-state index is 9.34. The zero-order chi connectivity index (χ0) is 15.5. The molecule has 1 fully saturated rings. The molecule has 1 heterocycles. The highest BCUT2D eigenvalue weighted by atomic mass is 15.0. The van der Waals surface area contributed by atoms with Crippen LogP contribution in [-0.2, 0) is 6.42 Å². The van der Waals surface area contributed by atoms with Gasteiger partial charge in [0.1, 0.15) is 23.8 Å². The molecule has 21 heavy (non-hydrogen) atoms. The number of rotatable bonds is 3. The maximum absolute atomic E-state index is 9.34. The van der Waals surface area contributed by atoms with Gasteiger partial charge < -0.3 is 5.32 Å². The average molecular weight is 286 g/mol. The summed E-state index contributed by atoms with van der Waals surface area (Å²) in [4.78, 5) is 8.47. The predicted molar refractivity (Wildman–Crippen MR) is 84.9 cm³/mol. The van der Waals surface area contributed by atoms with Gasteiger partial charge in [0, 0.05) is 6.04 Å². The highest BCUT2D eigenvalue weighted by Gasteiger charge is 2.30. The molecule has 0 unspecified atom stereocenters. The first-order valence-electron chi connectivity index (χ1n) is 7.96. The molecule has 0 aromatic carbocycles. The number of nitrogens with one attached hydrogen (secondary N) is 1. The molecule has 4 nitrogen and oxygen atoms in total. The van der Waals surface area contributed by atoms with Crippen molar-refractivity contribution in [1.29, 1.82) is 5.26 Å². The Morgan fingerprint density at radius 3 is 2.43 bits per heavy atom. The summed E-state index contributed by atoms with van der Waals surface area (Å²) in [6.45, 7) is 9.01. The van der Waals surface area contributed by atoms with Crippen molar-refractivity contribution in [1.82, 2.24) is 9.97 Å². The van der Waals surface area contributed by atoms with Crippen molar-refractivity contribution in [2.24, 2.45) is 11.3 Å². The quantitative estimate of drug-likeness (QED) is 0.914. The first-order chi connectivity index (χ1) is 9.95. The molecule has 0 bridgehead atoms. The van der Waals surface area contributed by atoms with Gasteiger partial charge >= 0.3 is 0 Å². The van der Waals surface area contributed by atoms with Crippen molar-refractivity contribution >= 4 is 5.82 Å². The summed E-state index contributed by atoms with van der Waals surface area (Å²) in [6, 6.07) is 2.68. The van der Waals surface area contributed by atoms with Gasteiger partial charge in [0.05, 0.1) is 5.69 Å². The summed E-state index contributed by atoms with van der Waals surface area (Å²) in [5.74, 6) is 1.51. The lowest BCUT2D eigenvalue weighted by Crippen LogP contribution is -2.32. The molecule has 1 aliphatic rings. The molecule has 0 atom stereocenters. The van der Waals surface area contributed by atoms with Gasteiger partial charge in [0.15, 0.2) is 0 Å². The third kappa shape index (κ3) is 3.72. The van der Waals surface area contributed by atoms with Crippen molar-refractivity contribution in [3.63, 3.8) is 0 Å². The second-order valence-corrected chi connectivity index (χ2v) is 7.07. The van der Waals surface area contributed by atoms with Crippen LogP contribution < -0.4 is 5.32 Å². The summed E-state index contributed by atoms with van der Waals surface area (Å²) in [5.41, 5.74) is 1.84. The standard InChI is InChI=1S/C17H26N4/c1-5-15-14(10-18)16(20-11-19-15)21-13-8-6-12(7-9-13)17(2,3)4/h11-13H,5-9H2,1-4H3,(H,19,20,21)/t12-,13+. The fourth-order valence-corrected chi connectivity index (χ4v) is 3.21. The van der Waals surface area contributed by atoms with Crippen LogP contribution in [0.1, 0.15) is 64.6 Å². The zero-order valence-electron chi connectivity index (χ0n) is 13.6. The van der Waals surface area contributed by atoms with E-state index in [1.807, 2.05) is 6.92 Å². The van der Waals surface area contributed by atoms with E-state index in [1.165, 1.54) is 12.8 Å². The second-order valence-electron chi connectivity index (χ2n) is 7.07. The number of anilines is 1. The van der Waals surface area contributed by atoms with E-state index in [0.29, 0.717) is 22.8 Å². The molecule has 1 aromatic heterocycles. The van der Waals surface area contributed by atoms with Crippen molar-refractivity contribution in [2.45, 2.75) is 65.8 Å². The lowest BCUT2D eigenvalue weighted by Gasteiger charge is -2.37. The largest absolute Gasteiger partial charge is 0.366 e. The van der Waals surface area contributed by atoms with Crippen LogP contribution >= 0.6 is 0 Å². The van der Waals surface area contributed by atoms with Crippen LogP contribution in [0.25, 0.3) is 0 Å². The van der Waals surface area contributed by atoms with Crippen molar-refractivity contribution in [3.8, 4) is 6.07 Å². The first-order valence-corrected chi connectivity index (χ1v) is 7.96. The number of aryl methyl sites for hydroxylation is 1. The molecule has 0 aliphatic heterocycles. The third-order valence-corrected chi connectivity index (χ3v) is 4.67. The molecule has 1 aromatic rings. The Morgan fingerprint density at radius 1 is 1.24 bits per heavy atom. The summed E-state index contributed by atoms with van der Waals surface area (Å²) in [7, 11) is 0. The van der Waals surface area contributed by atoms with Gasteiger partial charge in [-0.2, -0.15) is 5.26 Å². The predicted octanol–water partition coefficient (Wildman–Crippen LogP) is 3.93. The van der Waals surface area contributed by atoms with E-state index < -0.39 is 0 Å². The van der Waals surface area contributed by atoms with Crippen LogP contribution in [0.4, 0.5) is 5.82 Å². The highest BCUT2D eigenvalue weighted by molar-refractivity contribution is 5.54. The molecular formula is C17H26N4. The Kier molecular flexibility index (Phi) is 4.82. The van der Waals surface area contributed by atoms with Gasteiger partial charge in [0.2, 0.25) is 0 Å². The smallest absolute Gasteiger partial charge is 0.147 e. The van der Waals surface area contributed by atoms with Crippen LogP contribution in [0, 0.1) is 22.7 Å². The summed E-state index contributed by atoms with van der Waals surface area (Å²) < 4.78 is 0. The van der Waals surface area contributed by atoms with Gasteiger partial charge in [0.25, 0.3) is 0 Å². The molecule has 1 saturated carbocycles. The number of nitriles is 1. The van der Waals surface area contributed by atoms with Crippen molar-refractivity contribution in [2.75, 3.05) is 5.32 Å². The number of hydrogen-bond donors (Lipinski definition) is 1. The number of aromatic nitrogens is 2. The maximum Gasteiger partial charge on any atom is 0.147 e. The SMILES string of the molecule is CCc1ncnc(N[C@H]2CC[C@@H](C(C)(C)C)CC2)c1C#N. The Hall–Kier alpha value is -1.63. The fraction of sp³-hybridized carbons (Fsp3) is 0.706. The Morgan fingerprint density at radius 2 is 1.90 bits per heavy atom. The zero-order valence-corrected chi connectivity index (χ0v) is 13.6. The lowest BCUT2D eigenvalue weighted by atomic mass is 9.71. The molecule has 0 spiro atoms. The van der Waals surface area contributed by atoms with E-state index >= 15 is 0 Å². The highest BCUT2D eigenvalue weighted by Crippen LogP contribution is 2.38. The normalized spacial score (nSPS) is 22.6. The van der Waals surface area contributed by atoms with Gasteiger partial charge in [-0.15, -0.1) is 0 Å². The first kappa shape index (κ1) is 15.8. The molecule has 4 heteroatoms. The van der Waals surface area contributed by atoms with Gasteiger partial charge in [-0.25, -0.2) is 9.97 Å². The minimum absolute atomic E-state index is 0.396. The van der Waals surface area contributed by atoms with Crippen LogP contribution in [0.15, 0.2) is 6.33 Å². The van der Waals surface area contributed by atoms with Crippen LogP contribution in [-0.4, -0.2) is 16.0 Å². The summed E-state index contributed by atoms with van der Waals surface area (Å²) in [5, 5.41) is 12.8. The van der Waals surface area contributed by atoms with E-state index in [-0.39, 0.29) is 0 Å². The van der Waals surface area contributed by atoms with E-state index in [1.54, 1.807) is 6.33 Å². The summed E-state index contributed by atoms with van der Waals surface area (Å²) >= 11 is 0. The number of hydrogen-bond acceptors (Lipinski definition) is 4. The molecule has 2 rings (SSSR count). The molecule has 1 N–H and O–H groups in total. The van der Waals surface area contributed by atoms with E-state index in [2.05, 4.69) is 42.1 Å². The van der Waals surface area contributed by atoms with Crippen LogP contribution in [0.2, 0.25) is 0 Å². The minimum Gasteiger partial charge on any atom is -0.366 e. The monoisotopic (exact) mass is 286 g/mol. The number of nitrogens with zero attached hydrogens (tertiary/aromatic N) is 3. The van der Waals surface area contributed by atoms with Crippen molar-refractivity contribution < 1.29 is 0 Å². The minimum atomic E-state index is 0.396. The Bertz CT molecular complexity index is 517. The van der Waals surface area contributed by atoms with E-state index in [9.17, 15) is 5.26 Å². The summed E-state index contributed by atoms with van der Waals surface area (Å²) in [6.07, 6.45) is 7.11. The Labute approximate surface area is 128 Å². The van der Waals surface area contributed by atoms with Crippen molar-refractivity contribution in [3.05, 3.63) is 17.6 Å². The molecule has 0 amide bonds. The molecule has 1 aliphatic carbocycles. The van der Waals surface area contributed by atoms with E-state index in [4.69, 9.17) is 0 Å². The van der Waals surface area contributed by atoms with Crippen LogP contribution in [0.3, 0.4) is 0 Å². The Balaban J connectivity index is 2.03. The van der Waals surface area contributed by atoms with Crippen LogP contribution in [0.5, 0.6) is 0 Å². The lowest BCUT2D eigenvalue weighted by molar-refractivity contribution is 0.173. The topological polar surface area (TPSA) is 61.6 Å². The third-order valence-electron chi connectivity index (χ3n) is 4.67. The molecule has 114 valence electrons. The van der Waals surface area contributed by atoms with Gasteiger partial charge in [-0.3, -0.25) is 0 Å². The van der Waals surface area contributed by atoms with Gasteiger partial charge in [-0.1, -0.05) is 27.7 Å². The van der Waals surface area contributed by atoms with Gasteiger partial charge in [-0.05, 0) is 43.4 Å². The molecule has 0 saturated heterocycles. The fourth-order valence-electron chi connectivity index (χ4n) is 3.21. The average Bonchev–Trinajstić information content (AvgIpc) is 2.46. The molecular weight excluding hydrogens is 260 g/mol. The molecule has 0 radical (unpaired) electrons. The van der Waals surface area contributed by atoms with E-state index in [0.717, 1.165) is 30.9 Å². The second kappa shape index (κ2) is 6.43.